The minimum Gasteiger partial charge on any atom is -0.389 e. The van der Waals surface area contributed by atoms with Crippen LogP contribution in [0.1, 0.15) is 27.2 Å². The summed E-state index contributed by atoms with van der Waals surface area (Å²) in [6.45, 7) is 7.00. The first-order valence-electron chi connectivity index (χ1n) is 5.59. The Balaban J connectivity index is 3.54. The third-order valence-electron chi connectivity index (χ3n) is 2.49. The zero-order valence-corrected chi connectivity index (χ0v) is 10.7. The van der Waals surface area contributed by atoms with E-state index in [1.54, 1.807) is 21.0 Å². The van der Waals surface area contributed by atoms with E-state index in [-0.39, 0.29) is 11.9 Å². The number of methoxy groups -OCH3 is 1. The van der Waals surface area contributed by atoms with Crippen molar-refractivity contribution in [3.63, 3.8) is 0 Å². The summed E-state index contributed by atoms with van der Waals surface area (Å²) in [5, 5.41) is 15.5. The zero-order valence-electron chi connectivity index (χ0n) is 10.7. The van der Waals surface area contributed by atoms with Gasteiger partial charge in [0.05, 0.1) is 12.2 Å². The van der Waals surface area contributed by atoms with E-state index in [1.165, 1.54) is 0 Å². The van der Waals surface area contributed by atoms with E-state index < -0.39 is 5.60 Å². The number of ether oxygens (including phenoxy) is 1. The first-order valence-corrected chi connectivity index (χ1v) is 5.59. The van der Waals surface area contributed by atoms with Crippen LogP contribution in [0, 0.1) is 0 Å². The molecule has 0 aliphatic heterocycles. The lowest BCUT2D eigenvalue weighted by atomic mass is 10.0. The lowest BCUT2D eigenvalue weighted by molar-refractivity contribution is -0.121. The molecule has 5 heteroatoms. The Morgan fingerprint density at radius 1 is 1.44 bits per heavy atom. The summed E-state index contributed by atoms with van der Waals surface area (Å²) in [5.41, 5.74) is -0.771. The smallest absolute Gasteiger partial charge is 0.221 e. The highest BCUT2D eigenvalue weighted by Crippen LogP contribution is 2.06. The molecule has 0 bridgehead atoms. The molecule has 5 nitrogen and oxygen atoms in total. The van der Waals surface area contributed by atoms with Gasteiger partial charge in [0.15, 0.2) is 0 Å². The summed E-state index contributed by atoms with van der Waals surface area (Å²) in [4.78, 5) is 11.3. The van der Waals surface area contributed by atoms with Crippen molar-refractivity contribution in [1.82, 2.24) is 10.6 Å². The van der Waals surface area contributed by atoms with Crippen LogP contribution in [0.5, 0.6) is 0 Å². The monoisotopic (exact) mass is 232 g/mol. The Bertz CT molecular complexity index is 202. The van der Waals surface area contributed by atoms with Crippen LogP contribution in [-0.4, -0.2) is 49.5 Å². The third kappa shape index (κ3) is 7.62. The Hall–Kier alpha value is -0.650. The quantitative estimate of drug-likeness (QED) is 0.511. The second kappa shape index (κ2) is 7.60. The fraction of sp³-hybridized carbons (Fsp3) is 0.909. The van der Waals surface area contributed by atoms with E-state index in [1.807, 2.05) is 6.92 Å². The van der Waals surface area contributed by atoms with Crippen molar-refractivity contribution in [1.29, 1.82) is 0 Å². The van der Waals surface area contributed by atoms with Crippen molar-refractivity contribution < 1.29 is 14.6 Å². The van der Waals surface area contributed by atoms with Crippen molar-refractivity contribution in [2.24, 2.45) is 0 Å². The van der Waals surface area contributed by atoms with Gasteiger partial charge < -0.3 is 20.5 Å². The number of rotatable bonds is 8. The van der Waals surface area contributed by atoms with Gasteiger partial charge in [-0.05, 0) is 20.8 Å². The van der Waals surface area contributed by atoms with Crippen molar-refractivity contribution in [2.45, 2.75) is 38.8 Å². The standard InChI is InChI=1S/C11H24N2O3/c1-9(11(2,3)15)12-6-5-10(14)13-7-8-16-4/h9,12,15H,5-8H2,1-4H3,(H,13,14). The molecule has 0 aliphatic rings. The van der Waals surface area contributed by atoms with E-state index in [0.29, 0.717) is 26.1 Å². The van der Waals surface area contributed by atoms with E-state index in [2.05, 4.69) is 10.6 Å². The Morgan fingerprint density at radius 2 is 2.06 bits per heavy atom. The summed E-state index contributed by atoms with van der Waals surface area (Å²) < 4.78 is 4.82. The molecule has 96 valence electrons. The molecule has 0 saturated heterocycles. The van der Waals surface area contributed by atoms with Gasteiger partial charge in [-0.25, -0.2) is 0 Å². The molecule has 0 radical (unpaired) electrons. The minimum absolute atomic E-state index is 0.00695. The third-order valence-corrected chi connectivity index (χ3v) is 2.49. The van der Waals surface area contributed by atoms with Gasteiger partial charge in [0.25, 0.3) is 0 Å². The minimum atomic E-state index is -0.771. The number of hydrogen-bond acceptors (Lipinski definition) is 4. The lowest BCUT2D eigenvalue weighted by Gasteiger charge is -2.26. The highest BCUT2D eigenvalue weighted by molar-refractivity contribution is 5.76. The molecule has 0 aromatic heterocycles. The molecule has 0 saturated carbocycles. The van der Waals surface area contributed by atoms with Gasteiger partial charge in [-0.3, -0.25) is 4.79 Å². The predicted octanol–water partition coefficient (Wildman–Crippen LogP) is -0.112. The van der Waals surface area contributed by atoms with Crippen molar-refractivity contribution >= 4 is 5.91 Å². The van der Waals surface area contributed by atoms with Gasteiger partial charge in [-0.1, -0.05) is 0 Å². The number of amides is 1. The molecule has 0 fully saturated rings. The number of aliphatic hydroxyl groups is 1. The first-order chi connectivity index (χ1) is 7.38. The molecular formula is C11H24N2O3. The molecule has 0 heterocycles. The average Bonchev–Trinajstić information content (AvgIpc) is 2.16. The van der Waals surface area contributed by atoms with Crippen LogP contribution in [0.4, 0.5) is 0 Å². The number of nitrogens with one attached hydrogen (secondary N) is 2. The molecule has 0 aliphatic carbocycles. The van der Waals surface area contributed by atoms with E-state index >= 15 is 0 Å². The Labute approximate surface area is 97.6 Å². The van der Waals surface area contributed by atoms with Crippen LogP contribution in [0.3, 0.4) is 0 Å². The second-order valence-electron chi connectivity index (χ2n) is 4.42. The lowest BCUT2D eigenvalue weighted by Crippen LogP contribution is -2.45. The number of carbonyl (C=O) groups is 1. The summed E-state index contributed by atoms with van der Waals surface area (Å²) in [7, 11) is 1.60. The normalized spacial score (nSPS) is 13.6. The summed E-state index contributed by atoms with van der Waals surface area (Å²) in [6, 6.07) is -0.0423. The SMILES string of the molecule is COCCNC(=O)CCNC(C)C(C)(C)O. The molecule has 1 amide bonds. The maximum absolute atomic E-state index is 11.3. The fourth-order valence-corrected chi connectivity index (χ4v) is 1.03. The molecule has 16 heavy (non-hydrogen) atoms. The molecule has 0 spiro atoms. The summed E-state index contributed by atoms with van der Waals surface area (Å²) in [6.07, 6.45) is 0.407. The molecule has 0 rings (SSSR count). The second-order valence-corrected chi connectivity index (χ2v) is 4.42. The maximum atomic E-state index is 11.3. The predicted molar refractivity (Wildman–Crippen MR) is 63.3 cm³/mol. The molecule has 0 aromatic rings. The summed E-state index contributed by atoms with van der Waals surface area (Å²) in [5.74, 6) is -0.00695. The highest BCUT2D eigenvalue weighted by Gasteiger charge is 2.21. The van der Waals surface area contributed by atoms with Crippen molar-refractivity contribution in [3.8, 4) is 0 Å². The average molecular weight is 232 g/mol. The number of hydrogen-bond donors (Lipinski definition) is 3. The maximum Gasteiger partial charge on any atom is 0.221 e. The Kier molecular flexibility index (Phi) is 7.29. The van der Waals surface area contributed by atoms with Crippen molar-refractivity contribution in [2.75, 3.05) is 26.8 Å². The molecular weight excluding hydrogens is 208 g/mol. The van der Waals surface area contributed by atoms with E-state index in [9.17, 15) is 9.90 Å². The largest absolute Gasteiger partial charge is 0.389 e. The van der Waals surface area contributed by atoms with E-state index in [4.69, 9.17) is 4.74 Å². The van der Waals surface area contributed by atoms with Crippen LogP contribution < -0.4 is 10.6 Å². The van der Waals surface area contributed by atoms with Gasteiger partial charge in [-0.2, -0.15) is 0 Å². The van der Waals surface area contributed by atoms with Gasteiger partial charge in [0, 0.05) is 32.7 Å². The van der Waals surface area contributed by atoms with Crippen LogP contribution >= 0.6 is 0 Å². The van der Waals surface area contributed by atoms with E-state index in [0.717, 1.165) is 0 Å². The molecule has 3 N–H and O–H groups in total. The van der Waals surface area contributed by atoms with Crippen LogP contribution in [0.25, 0.3) is 0 Å². The topological polar surface area (TPSA) is 70.6 Å². The van der Waals surface area contributed by atoms with Crippen LogP contribution in [0.2, 0.25) is 0 Å². The fourth-order valence-electron chi connectivity index (χ4n) is 1.03. The van der Waals surface area contributed by atoms with Gasteiger partial charge in [0.1, 0.15) is 0 Å². The zero-order chi connectivity index (χ0) is 12.6. The van der Waals surface area contributed by atoms with Crippen molar-refractivity contribution in [3.05, 3.63) is 0 Å². The van der Waals surface area contributed by atoms with Crippen LogP contribution in [-0.2, 0) is 9.53 Å². The Morgan fingerprint density at radius 3 is 2.56 bits per heavy atom. The molecule has 1 atom stereocenters. The summed E-state index contributed by atoms with van der Waals surface area (Å²) >= 11 is 0. The molecule has 0 aromatic carbocycles. The van der Waals surface area contributed by atoms with Crippen LogP contribution in [0.15, 0.2) is 0 Å². The highest BCUT2D eigenvalue weighted by atomic mass is 16.5. The van der Waals surface area contributed by atoms with Gasteiger partial charge in [0.2, 0.25) is 5.91 Å². The van der Waals surface area contributed by atoms with Gasteiger partial charge in [-0.15, -0.1) is 0 Å². The number of carbonyl (C=O) groups excluding carboxylic acids is 1. The first kappa shape index (κ1) is 15.3. The van der Waals surface area contributed by atoms with Gasteiger partial charge >= 0.3 is 0 Å². The molecule has 1 unspecified atom stereocenters.